The second kappa shape index (κ2) is 34.8. The highest BCUT2D eigenvalue weighted by Crippen LogP contribution is 2.29. The lowest BCUT2D eigenvalue weighted by molar-refractivity contribution is -0.147. The van der Waals surface area contributed by atoms with E-state index in [0.717, 1.165) is 12.7 Å². The molecule has 24 heteroatoms. The summed E-state index contributed by atoms with van der Waals surface area (Å²) in [6.45, 7) is 17.1. The van der Waals surface area contributed by atoms with Crippen molar-refractivity contribution in [3.63, 3.8) is 0 Å². The molecular weight excluding hydrogens is 1070 g/mol. The summed E-state index contributed by atoms with van der Waals surface area (Å²) >= 11 is 0. The van der Waals surface area contributed by atoms with Crippen LogP contribution in [0.5, 0.6) is 0 Å². The van der Waals surface area contributed by atoms with Gasteiger partial charge in [-0.3, -0.25) is 48.2 Å². The van der Waals surface area contributed by atoms with Gasteiger partial charge >= 0.3 is 12.1 Å². The van der Waals surface area contributed by atoms with Gasteiger partial charge in [0, 0.05) is 78.8 Å². The quantitative estimate of drug-likeness (QED) is 0.0315. The van der Waals surface area contributed by atoms with Crippen molar-refractivity contribution in [1.82, 2.24) is 40.9 Å². The van der Waals surface area contributed by atoms with E-state index >= 15 is 0 Å². The minimum absolute atomic E-state index is 0.0274. The highest BCUT2D eigenvalue weighted by molar-refractivity contribution is 6.02. The van der Waals surface area contributed by atoms with Crippen LogP contribution in [-0.2, 0) is 64.0 Å². The van der Waals surface area contributed by atoms with Crippen LogP contribution in [-0.4, -0.2) is 182 Å². The van der Waals surface area contributed by atoms with E-state index in [1.165, 1.54) is 31.1 Å². The van der Waals surface area contributed by atoms with E-state index in [0.29, 0.717) is 56.4 Å². The van der Waals surface area contributed by atoms with Gasteiger partial charge < -0.3 is 61.1 Å². The number of nitrogens with two attached hydrogens (primary N) is 1. The Hall–Kier alpha value is -6.69. The fraction of sp³-hybridized carbons (Fsp3) is 0.712. The van der Waals surface area contributed by atoms with Gasteiger partial charge in [0.25, 0.3) is 0 Å². The number of amides is 11. The average Bonchev–Trinajstić information content (AvgIpc) is 4.16. The molecule has 2 heterocycles. The first-order chi connectivity index (χ1) is 39.2. The third kappa shape index (κ3) is 21.2. The van der Waals surface area contributed by atoms with Crippen molar-refractivity contribution in [1.29, 1.82) is 0 Å². The zero-order chi connectivity index (χ0) is 62.2. The number of hydrogen-bond donors (Lipinski definition) is 6. The number of aldehydes is 1. The second-order valence-electron chi connectivity index (χ2n) is 23.1. The maximum Gasteiger partial charge on any atom is 0.410 e. The van der Waals surface area contributed by atoms with E-state index in [9.17, 15) is 52.7 Å². The Balaban J connectivity index is 1.66. The monoisotopic (exact) mass is 1170 g/mol. The third-order valence-electron chi connectivity index (χ3n) is 15.8. The van der Waals surface area contributed by atoms with Crippen molar-refractivity contribution in [2.24, 2.45) is 35.3 Å². The summed E-state index contributed by atoms with van der Waals surface area (Å²) in [5.41, 5.74) is 6.12. The Morgan fingerprint density at radius 2 is 1.41 bits per heavy atom. The Morgan fingerprint density at radius 1 is 0.771 bits per heavy atom. The molecule has 2 aliphatic rings. The molecule has 83 heavy (non-hydrogen) atoms. The zero-order valence-corrected chi connectivity index (χ0v) is 51.3. The average molecular weight is 1170 g/mol. The molecule has 7 N–H and O–H groups in total. The van der Waals surface area contributed by atoms with Crippen LogP contribution in [0.2, 0.25) is 0 Å². The molecule has 24 nitrogen and oxygen atoms in total. The van der Waals surface area contributed by atoms with Gasteiger partial charge in [0.05, 0.1) is 30.7 Å². The summed E-state index contributed by atoms with van der Waals surface area (Å²) in [5, 5.41) is 13.7. The summed E-state index contributed by atoms with van der Waals surface area (Å²) in [4.78, 5) is 150. The van der Waals surface area contributed by atoms with E-state index in [-0.39, 0.29) is 93.2 Å². The summed E-state index contributed by atoms with van der Waals surface area (Å²) in [5.74, 6) is -4.78. The number of rotatable bonds is 35. The predicted molar refractivity (Wildman–Crippen MR) is 311 cm³/mol. The number of nitrogens with one attached hydrogen (secondary N) is 5. The van der Waals surface area contributed by atoms with E-state index in [2.05, 4.69) is 26.6 Å². The fourth-order valence-electron chi connectivity index (χ4n) is 10.9. The van der Waals surface area contributed by atoms with Crippen molar-refractivity contribution in [3.8, 4) is 0 Å². The molecule has 1 aromatic carbocycles. The Labute approximate surface area is 490 Å². The predicted octanol–water partition coefficient (Wildman–Crippen LogP) is 4.26. The number of hydrogen-bond acceptors (Lipinski definition) is 14. The number of likely N-dealkylation sites (tertiary alicyclic amines) is 2. The van der Waals surface area contributed by atoms with Crippen LogP contribution in [0.3, 0.4) is 0 Å². The molecule has 0 spiro atoms. The van der Waals surface area contributed by atoms with Crippen LogP contribution in [0.25, 0.3) is 0 Å². The standard InChI is InChI=1S/C59H96N10O14/c1-14-38(8)52(44(81-12)32-48(74)68-31-19-21-43(68)53(82-13)39(9)33-70)66(10)57(78)50(36(4)5)65-56(77)51(37(6)7)67(11)59(80)83-34-40-23-25-41(26-24-40)62-54(75)42(20-18-29-61-58(60)79)63-55(76)49(35(2)3)64-45(71)22-16-15-17-30-69-46(72)27-28-47(69)73/h23-26,33,35-39,42-44,49-53H,14-22,27-32,34H2,1-13H3,(H,62,75)(H,63,76)(H,64,71)(H,65,77)(H3,60,61,79)/t38-,39-,42-,43-,44+,49-,50-,51-,52-,53+/m0/s1. The molecule has 0 saturated carbocycles. The first-order valence-corrected chi connectivity index (χ1v) is 29.4. The molecule has 11 amide bonds. The van der Waals surface area contributed by atoms with Crippen molar-refractivity contribution < 1.29 is 67.0 Å². The van der Waals surface area contributed by atoms with Crippen LogP contribution >= 0.6 is 0 Å². The number of methoxy groups -OCH3 is 2. The van der Waals surface area contributed by atoms with Crippen LogP contribution < -0.4 is 32.3 Å². The number of imide groups is 1. The molecule has 10 atom stereocenters. The molecule has 2 saturated heterocycles. The van der Waals surface area contributed by atoms with Crippen molar-refractivity contribution in [3.05, 3.63) is 29.8 Å². The molecule has 0 aliphatic carbocycles. The summed E-state index contributed by atoms with van der Waals surface area (Å²) < 4.78 is 17.4. The SMILES string of the molecule is CC[C@H](C)[C@@H]([C@@H](CC(=O)N1CCC[C@H]1[C@H](OC)[C@@H](C)C=O)OC)N(C)C(=O)[C@@H](NC(=O)[C@H](C(C)C)N(C)C(=O)OCc1ccc(NC(=O)[C@H](CCCNC(N)=O)NC(=O)[C@@H](NC(=O)CCCCCN2C(=O)CCC2=O)C(C)C)cc1)C(C)C. The van der Waals surface area contributed by atoms with Crippen LogP contribution in [0.15, 0.2) is 24.3 Å². The Bertz CT molecular complexity index is 2340. The summed E-state index contributed by atoms with van der Waals surface area (Å²) in [6.07, 6.45) is 3.43. The first kappa shape index (κ1) is 70.6. The lowest BCUT2D eigenvalue weighted by Gasteiger charge is -2.41. The van der Waals surface area contributed by atoms with Crippen molar-refractivity contribution in [2.45, 2.75) is 194 Å². The van der Waals surface area contributed by atoms with Gasteiger partial charge in [-0.05, 0) is 79.9 Å². The normalized spacial score (nSPS) is 17.6. The molecule has 0 unspecified atom stereocenters. The minimum Gasteiger partial charge on any atom is -0.445 e. The highest BCUT2D eigenvalue weighted by atomic mass is 16.6. The molecule has 0 bridgehead atoms. The Kier molecular flexibility index (Phi) is 29.6. The summed E-state index contributed by atoms with van der Waals surface area (Å²) in [7, 11) is 6.13. The topological polar surface area (TPSA) is 315 Å². The van der Waals surface area contributed by atoms with Crippen LogP contribution in [0.1, 0.15) is 145 Å². The third-order valence-corrected chi connectivity index (χ3v) is 15.8. The molecular formula is C59H96N10O14. The number of ether oxygens (including phenoxy) is 3. The number of primary amides is 1. The lowest BCUT2D eigenvalue weighted by Crippen LogP contribution is -2.60. The van der Waals surface area contributed by atoms with Gasteiger partial charge in [0.15, 0.2) is 0 Å². The highest BCUT2D eigenvalue weighted by Gasteiger charge is 2.43. The number of unbranched alkanes of at least 4 members (excludes halogenated alkanes) is 2. The minimum atomic E-state index is -1.10. The van der Waals surface area contributed by atoms with Crippen molar-refractivity contribution in [2.75, 3.05) is 53.3 Å². The van der Waals surface area contributed by atoms with E-state index in [1.807, 2.05) is 13.8 Å². The maximum absolute atomic E-state index is 14.6. The van der Waals surface area contributed by atoms with Gasteiger partial charge in [0.2, 0.25) is 47.3 Å². The molecule has 0 radical (unpaired) electrons. The van der Waals surface area contributed by atoms with Gasteiger partial charge in [0.1, 0.15) is 37.1 Å². The second-order valence-corrected chi connectivity index (χ2v) is 23.1. The molecule has 1 aromatic rings. The fourth-order valence-corrected chi connectivity index (χ4v) is 10.9. The van der Waals surface area contributed by atoms with Crippen molar-refractivity contribution >= 4 is 71.4 Å². The number of anilines is 1. The Morgan fingerprint density at radius 3 is 1.96 bits per heavy atom. The van der Waals surface area contributed by atoms with E-state index in [4.69, 9.17) is 19.9 Å². The number of nitrogens with zero attached hydrogens (tertiary/aromatic N) is 4. The van der Waals surface area contributed by atoms with E-state index in [1.54, 1.807) is 89.6 Å². The molecule has 466 valence electrons. The van der Waals surface area contributed by atoms with E-state index < -0.39 is 95.9 Å². The largest absolute Gasteiger partial charge is 0.445 e. The van der Waals surface area contributed by atoms with Gasteiger partial charge in [-0.15, -0.1) is 0 Å². The molecule has 0 aromatic heterocycles. The van der Waals surface area contributed by atoms with Crippen LogP contribution in [0, 0.1) is 29.6 Å². The number of carbonyl (C=O) groups is 11. The first-order valence-electron chi connectivity index (χ1n) is 29.4. The van der Waals surface area contributed by atoms with Gasteiger partial charge in [-0.2, -0.15) is 0 Å². The van der Waals surface area contributed by atoms with Gasteiger partial charge in [-0.25, -0.2) is 9.59 Å². The molecule has 2 fully saturated rings. The molecule has 3 rings (SSSR count). The van der Waals surface area contributed by atoms with Gasteiger partial charge in [-0.1, -0.05) is 87.3 Å². The number of carbonyl (C=O) groups excluding carboxylic acids is 11. The number of urea groups is 1. The molecule has 2 aliphatic heterocycles. The summed E-state index contributed by atoms with van der Waals surface area (Å²) in [6, 6.07) is 0.636. The zero-order valence-electron chi connectivity index (χ0n) is 51.3. The maximum atomic E-state index is 14.6. The number of likely N-dealkylation sites (N-methyl/N-ethyl adjacent to an activating group) is 2. The lowest BCUT2D eigenvalue weighted by atomic mass is 9.89. The van der Waals surface area contributed by atoms with Crippen LogP contribution in [0.4, 0.5) is 15.3 Å². The smallest absolute Gasteiger partial charge is 0.410 e. The number of benzene rings is 1.